The van der Waals surface area contributed by atoms with E-state index in [-0.39, 0.29) is 27.1 Å². The summed E-state index contributed by atoms with van der Waals surface area (Å²) in [6.45, 7) is 0.771. The van der Waals surface area contributed by atoms with E-state index in [2.05, 4.69) is 4.98 Å². The topological polar surface area (TPSA) is 103 Å². The molecule has 0 saturated heterocycles. The van der Waals surface area contributed by atoms with Crippen LogP contribution in [-0.2, 0) is 22.3 Å². The number of halogens is 4. The minimum atomic E-state index is -4.59. The number of alkyl halides is 3. The summed E-state index contributed by atoms with van der Waals surface area (Å²) in [6.07, 6.45) is -4.59. The second-order valence-corrected chi connectivity index (χ2v) is 7.79. The van der Waals surface area contributed by atoms with Gasteiger partial charge >= 0.3 is 12.1 Å². The number of nitro groups is 1. The number of nitro benzene ring substituents is 1. The summed E-state index contributed by atoms with van der Waals surface area (Å²) in [4.78, 5) is 40.0. The molecule has 0 fully saturated rings. The average molecular weight is 500 g/mol. The molecule has 1 aromatic heterocycles. The minimum Gasteiger partial charge on any atom is -0.455 e. The first-order chi connectivity index (χ1) is 15.5. The molecule has 0 unspecified atom stereocenters. The second kappa shape index (κ2) is 9.55. The van der Waals surface area contributed by atoms with Gasteiger partial charge in [-0.15, -0.1) is 11.3 Å². The van der Waals surface area contributed by atoms with Crippen molar-refractivity contribution in [3.63, 3.8) is 0 Å². The molecule has 2 aromatic carbocycles. The van der Waals surface area contributed by atoms with Crippen LogP contribution in [0.2, 0.25) is 5.02 Å². The highest BCUT2D eigenvalue weighted by Gasteiger charge is 2.31. The van der Waals surface area contributed by atoms with E-state index in [0.29, 0.717) is 0 Å². The van der Waals surface area contributed by atoms with E-state index in [9.17, 15) is 32.9 Å². The fraction of sp³-hybridized carbons (Fsp3) is 0.150. The third kappa shape index (κ3) is 5.65. The SMILES string of the molecule is CC(=O)N(c1cccc(C(F)(F)F)c1)c1nc(COC(=O)c2cc(Cl)ccc2[N+](=O)[O-])cs1. The molecule has 0 radical (unpaired) electrons. The first-order valence-corrected chi connectivity index (χ1v) is 10.3. The van der Waals surface area contributed by atoms with Crippen LogP contribution in [0.3, 0.4) is 0 Å². The first kappa shape index (κ1) is 24.1. The highest BCUT2D eigenvalue weighted by molar-refractivity contribution is 7.14. The molecule has 13 heteroatoms. The summed E-state index contributed by atoms with van der Waals surface area (Å²) in [7, 11) is 0. The van der Waals surface area contributed by atoms with Crippen LogP contribution in [0.1, 0.15) is 28.5 Å². The van der Waals surface area contributed by atoms with Gasteiger partial charge in [0.2, 0.25) is 5.91 Å². The standard InChI is InChI=1S/C20H13ClF3N3O5S/c1-11(28)26(15-4-2-3-12(7-15)20(22,23)24)19-25-14(10-33-19)9-32-18(29)16-8-13(21)5-6-17(16)27(30)31/h2-8,10H,9H2,1H3. The molecule has 0 saturated carbocycles. The average Bonchev–Trinajstić information content (AvgIpc) is 3.19. The van der Waals surface area contributed by atoms with Gasteiger partial charge in [0.05, 0.1) is 21.9 Å². The molecule has 1 heterocycles. The summed E-state index contributed by atoms with van der Waals surface area (Å²) < 4.78 is 44.2. The van der Waals surface area contributed by atoms with Crippen LogP contribution < -0.4 is 4.90 Å². The Hall–Kier alpha value is -3.51. The van der Waals surface area contributed by atoms with Crippen molar-refractivity contribution in [2.24, 2.45) is 0 Å². The Morgan fingerprint density at radius 3 is 2.61 bits per heavy atom. The van der Waals surface area contributed by atoms with Crippen molar-refractivity contribution < 1.29 is 32.4 Å². The lowest BCUT2D eigenvalue weighted by molar-refractivity contribution is -0.385. The van der Waals surface area contributed by atoms with E-state index in [1.165, 1.54) is 30.5 Å². The number of hydrogen-bond acceptors (Lipinski definition) is 7. The predicted molar refractivity (Wildman–Crippen MR) is 114 cm³/mol. The van der Waals surface area contributed by atoms with Crippen LogP contribution in [0, 0.1) is 10.1 Å². The fourth-order valence-electron chi connectivity index (χ4n) is 2.76. The molecule has 1 amide bonds. The molecule has 3 rings (SSSR count). The van der Waals surface area contributed by atoms with Crippen LogP contribution in [-0.4, -0.2) is 21.8 Å². The van der Waals surface area contributed by atoms with Gasteiger partial charge in [-0.1, -0.05) is 17.7 Å². The summed E-state index contributed by atoms with van der Waals surface area (Å²) in [5.74, 6) is -1.60. The number of rotatable bonds is 6. The molecule has 0 atom stereocenters. The highest BCUT2D eigenvalue weighted by atomic mass is 35.5. The Balaban J connectivity index is 1.80. The zero-order valence-electron chi connectivity index (χ0n) is 16.6. The number of ether oxygens (including phenoxy) is 1. The van der Waals surface area contributed by atoms with Crippen molar-refractivity contribution in [3.8, 4) is 0 Å². The van der Waals surface area contributed by atoms with E-state index in [0.717, 1.165) is 40.5 Å². The number of anilines is 2. The van der Waals surface area contributed by atoms with Crippen LogP contribution in [0.15, 0.2) is 47.8 Å². The zero-order valence-corrected chi connectivity index (χ0v) is 18.2. The van der Waals surface area contributed by atoms with E-state index < -0.39 is 40.8 Å². The van der Waals surface area contributed by atoms with E-state index in [1.54, 1.807) is 0 Å². The van der Waals surface area contributed by atoms with Crippen LogP contribution in [0.4, 0.5) is 29.7 Å². The summed E-state index contributed by atoms with van der Waals surface area (Å²) in [5, 5.41) is 12.7. The van der Waals surface area contributed by atoms with Crippen LogP contribution in [0.5, 0.6) is 0 Å². The van der Waals surface area contributed by atoms with E-state index in [4.69, 9.17) is 16.3 Å². The number of carbonyl (C=O) groups is 2. The van der Waals surface area contributed by atoms with Gasteiger partial charge in [-0.2, -0.15) is 13.2 Å². The van der Waals surface area contributed by atoms with Crippen LogP contribution >= 0.6 is 22.9 Å². The Labute approximate surface area is 193 Å². The van der Waals surface area contributed by atoms with E-state index in [1.807, 2.05) is 0 Å². The predicted octanol–water partition coefficient (Wildman–Crippen LogP) is 5.77. The fourth-order valence-corrected chi connectivity index (χ4v) is 3.81. The Bertz CT molecular complexity index is 1230. The van der Waals surface area contributed by atoms with Gasteiger partial charge in [0.1, 0.15) is 12.2 Å². The lowest BCUT2D eigenvalue weighted by atomic mass is 10.2. The molecule has 0 aliphatic heterocycles. The summed E-state index contributed by atoms with van der Waals surface area (Å²) in [5.41, 5.74) is -1.62. The van der Waals surface area contributed by atoms with Gasteiger partial charge < -0.3 is 4.74 Å². The maximum Gasteiger partial charge on any atom is 0.416 e. The Kier molecular flexibility index (Phi) is 6.98. The van der Waals surface area contributed by atoms with Gasteiger partial charge in [0.25, 0.3) is 5.69 Å². The van der Waals surface area contributed by atoms with Gasteiger partial charge in [-0.25, -0.2) is 9.78 Å². The van der Waals surface area contributed by atoms with Crippen molar-refractivity contribution >= 4 is 51.3 Å². The third-order valence-corrected chi connectivity index (χ3v) is 5.31. The highest BCUT2D eigenvalue weighted by Crippen LogP contribution is 2.35. The second-order valence-electron chi connectivity index (χ2n) is 6.52. The lowest BCUT2D eigenvalue weighted by Crippen LogP contribution is -2.23. The molecule has 0 aliphatic carbocycles. The number of carbonyl (C=O) groups excluding carboxylic acids is 2. The van der Waals surface area contributed by atoms with E-state index >= 15 is 0 Å². The molecular weight excluding hydrogens is 487 g/mol. The quantitative estimate of drug-likeness (QED) is 0.242. The molecule has 0 spiro atoms. The van der Waals surface area contributed by atoms with Gasteiger partial charge in [0, 0.05) is 23.4 Å². The molecular formula is C20H13ClF3N3O5S. The third-order valence-electron chi connectivity index (χ3n) is 4.20. The molecule has 0 N–H and O–H groups in total. The largest absolute Gasteiger partial charge is 0.455 e. The first-order valence-electron chi connectivity index (χ1n) is 9.01. The van der Waals surface area contributed by atoms with Crippen molar-refractivity contribution in [1.29, 1.82) is 0 Å². The van der Waals surface area contributed by atoms with Crippen molar-refractivity contribution in [2.75, 3.05) is 4.90 Å². The number of amides is 1. The number of nitrogens with zero attached hydrogens (tertiary/aromatic N) is 3. The molecule has 8 nitrogen and oxygen atoms in total. The number of hydrogen-bond donors (Lipinski definition) is 0. The molecule has 172 valence electrons. The maximum absolute atomic E-state index is 13.0. The van der Waals surface area contributed by atoms with Crippen molar-refractivity contribution in [3.05, 3.63) is 79.8 Å². The molecule has 0 aliphatic rings. The number of thiazole rings is 1. The smallest absolute Gasteiger partial charge is 0.416 e. The van der Waals surface area contributed by atoms with Crippen LogP contribution in [0.25, 0.3) is 0 Å². The van der Waals surface area contributed by atoms with Gasteiger partial charge in [-0.05, 0) is 30.3 Å². The van der Waals surface area contributed by atoms with Gasteiger partial charge in [-0.3, -0.25) is 19.8 Å². The number of esters is 1. The molecule has 3 aromatic rings. The lowest BCUT2D eigenvalue weighted by Gasteiger charge is -2.19. The van der Waals surface area contributed by atoms with Crippen molar-refractivity contribution in [2.45, 2.75) is 19.7 Å². The zero-order chi connectivity index (χ0) is 24.3. The molecule has 0 bridgehead atoms. The number of aromatic nitrogens is 1. The normalized spacial score (nSPS) is 11.2. The maximum atomic E-state index is 13.0. The Morgan fingerprint density at radius 2 is 1.97 bits per heavy atom. The van der Waals surface area contributed by atoms with Gasteiger partial charge in [0.15, 0.2) is 5.13 Å². The minimum absolute atomic E-state index is 0.0372. The summed E-state index contributed by atoms with van der Waals surface area (Å²) in [6, 6.07) is 7.62. The monoisotopic (exact) mass is 499 g/mol. The molecule has 33 heavy (non-hydrogen) atoms. The number of benzene rings is 2. The summed E-state index contributed by atoms with van der Waals surface area (Å²) >= 11 is 6.74. The Morgan fingerprint density at radius 1 is 1.24 bits per heavy atom. The van der Waals surface area contributed by atoms with Crippen molar-refractivity contribution in [1.82, 2.24) is 4.98 Å².